The lowest BCUT2D eigenvalue weighted by Gasteiger charge is -2.28. The third kappa shape index (κ3) is 6.83. The summed E-state index contributed by atoms with van der Waals surface area (Å²) in [5, 5.41) is 3.12. The molecule has 1 fully saturated rings. The van der Waals surface area contributed by atoms with Gasteiger partial charge in [-0.3, -0.25) is 4.72 Å². The number of hydrogen-bond acceptors (Lipinski definition) is 7. The van der Waals surface area contributed by atoms with E-state index >= 15 is 0 Å². The maximum atomic E-state index is 12.7. The molecule has 186 valence electrons. The fraction of sp³-hybridized carbons (Fsp3) is 0.304. The molecule has 3 aromatic rings. The summed E-state index contributed by atoms with van der Waals surface area (Å²) in [5.41, 5.74) is 1.20. The summed E-state index contributed by atoms with van der Waals surface area (Å²) in [6, 6.07) is 12.4. The minimum Gasteiger partial charge on any atom is -0.378 e. The zero-order valence-corrected chi connectivity index (χ0v) is 19.7. The molecule has 0 bridgehead atoms. The number of rotatable bonds is 7. The molecule has 0 radical (unpaired) electrons. The van der Waals surface area contributed by atoms with Crippen molar-refractivity contribution in [1.82, 2.24) is 9.97 Å². The van der Waals surface area contributed by atoms with Crippen molar-refractivity contribution in [2.75, 3.05) is 41.2 Å². The molecule has 0 aliphatic carbocycles. The van der Waals surface area contributed by atoms with E-state index in [1.807, 2.05) is 13.0 Å². The summed E-state index contributed by atoms with van der Waals surface area (Å²) in [6.45, 7) is 4.66. The lowest BCUT2D eigenvalue weighted by atomic mass is 10.1. The first-order valence-electron chi connectivity index (χ1n) is 10.8. The maximum Gasteiger partial charge on any atom is 0.416 e. The first-order valence-corrected chi connectivity index (χ1v) is 12.4. The molecule has 0 saturated carbocycles. The van der Waals surface area contributed by atoms with Crippen LogP contribution in [0.2, 0.25) is 0 Å². The molecule has 2 aromatic carbocycles. The molecule has 0 amide bonds. The maximum absolute atomic E-state index is 12.7. The first kappa shape index (κ1) is 24.7. The normalized spacial score (nSPS) is 14.6. The fourth-order valence-corrected chi connectivity index (χ4v) is 4.74. The molecule has 0 unspecified atom stereocenters. The van der Waals surface area contributed by atoms with Gasteiger partial charge in [0.15, 0.2) is 0 Å². The second-order valence-corrected chi connectivity index (χ2v) is 9.77. The van der Waals surface area contributed by atoms with E-state index in [4.69, 9.17) is 4.74 Å². The SMILES string of the molecule is Cc1cc(N2CCOCC2)nc(Nc2ccc(NS(=O)(=O)Cc3ccc(C(F)(F)F)cc3)cc2)n1. The van der Waals surface area contributed by atoms with Gasteiger partial charge in [0, 0.05) is 36.2 Å². The number of ether oxygens (including phenoxy) is 1. The molecule has 1 aliphatic heterocycles. The van der Waals surface area contributed by atoms with Crippen LogP contribution in [0.3, 0.4) is 0 Å². The van der Waals surface area contributed by atoms with Crippen LogP contribution < -0.4 is 14.9 Å². The number of anilines is 4. The summed E-state index contributed by atoms with van der Waals surface area (Å²) < 4.78 is 70.8. The quantitative estimate of drug-likeness (QED) is 0.492. The van der Waals surface area contributed by atoms with Gasteiger partial charge in [0.05, 0.1) is 24.5 Å². The van der Waals surface area contributed by atoms with Crippen LogP contribution in [0.15, 0.2) is 54.6 Å². The average molecular weight is 508 g/mol. The molecule has 0 atom stereocenters. The van der Waals surface area contributed by atoms with Gasteiger partial charge in [-0.2, -0.15) is 18.2 Å². The van der Waals surface area contributed by atoms with Gasteiger partial charge in [0.1, 0.15) is 5.82 Å². The number of alkyl halides is 3. The summed E-state index contributed by atoms with van der Waals surface area (Å²) in [4.78, 5) is 11.1. The van der Waals surface area contributed by atoms with E-state index in [1.54, 1.807) is 24.3 Å². The van der Waals surface area contributed by atoms with E-state index in [9.17, 15) is 21.6 Å². The van der Waals surface area contributed by atoms with Crippen molar-refractivity contribution in [3.05, 3.63) is 71.4 Å². The summed E-state index contributed by atoms with van der Waals surface area (Å²) in [7, 11) is -3.82. The van der Waals surface area contributed by atoms with Gasteiger partial charge in [-0.05, 0) is 48.9 Å². The second kappa shape index (κ2) is 10.1. The minimum absolute atomic E-state index is 0.247. The van der Waals surface area contributed by atoms with Gasteiger partial charge in [-0.25, -0.2) is 13.4 Å². The molecule has 12 heteroatoms. The number of hydrogen-bond donors (Lipinski definition) is 2. The predicted molar refractivity (Wildman–Crippen MR) is 127 cm³/mol. The Morgan fingerprint density at radius 2 is 1.60 bits per heavy atom. The molecule has 8 nitrogen and oxygen atoms in total. The monoisotopic (exact) mass is 507 g/mol. The highest BCUT2D eigenvalue weighted by molar-refractivity contribution is 7.91. The van der Waals surface area contributed by atoms with Crippen LogP contribution in [0.5, 0.6) is 0 Å². The van der Waals surface area contributed by atoms with Crippen molar-refractivity contribution in [2.45, 2.75) is 18.9 Å². The zero-order chi connectivity index (χ0) is 25.1. The van der Waals surface area contributed by atoms with E-state index in [2.05, 4.69) is 24.9 Å². The number of halogens is 3. The van der Waals surface area contributed by atoms with Crippen LogP contribution in [0.25, 0.3) is 0 Å². The van der Waals surface area contributed by atoms with Crippen LogP contribution in [-0.4, -0.2) is 44.7 Å². The van der Waals surface area contributed by atoms with E-state index in [-0.39, 0.29) is 5.56 Å². The van der Waals surface area contributed by atoms with Gasteiger partial charge < -0.3 is 15.0 Å². The van der Waals surface area contributed by atoms with Crippen molar-refractivity contribution in [3.63, 3.8) is 0 Å². The van der Waals surface area contributed by atoms with Gasteiger partial charge in [0.2, 0.25) is 16.0 Å². The van der Waals surface area contributed by atoms with Gasteiger partial charge in [0.25, 0.3) is 0 Å². The first-order chi connectivity index (χ1) is 16.6. The number of morpholine rings is 1. The molecule has 1 saturated heterocycles. The van der Waals surface area contributed by atoms with Crippen LogP contribution >= 0.6 is 0 Å². The van der Waals surface area contributed by atoms with Crippen molar-refractivity contribution in [1.29, 1.82) is 0 Å². The minimum atomic E-state index is -4.47. The standard InChI is InChI=1S/C23H24F3N5O3S/c1-16-14-21(31-10-12-34-13-11-31)29-22(27-16)28-19-6-8-20(9-7-19)30-35(32,33)15-17-2-4-18(5-3-17)23(24,25)26/h2-9,14,30H,10-13,15H2,1H3,(H,27,28,29). The van der Waals surface area contributed by atoms with Crippen molar-refractivity contribution in [2.24, 2.45) is 0 Å². The lowest BCUT2D eigenvalue weighted by Crippen LogP contribution is -2.36. The highest BCUT2D eigenvalue weighted by atomic mass is 32.2. The van der Waals surface area contributed by atoms with Crippen molar-refractivity contribution >= 4 is 33.2 Å². The number of nitrogens with one attached hydrogen (secondary N) is 2. The molecule has 1 aromatic heterocycles. The highest BCUT2D eigenvalue weighted by Crippen LogP contribution is 2.29. The number of aryl methyl sites for hydroxylation is 1. The molecular formula is C23H24F3N5O3S. The van der Waals surface area contributed by atoms with Crippen LogP contribution in [0, 0.1) is 6.92 Å². The Balaban J connectivity index is 1.39. The molecule has 2 N–H and O–H groups in total. The fourth-order valence-electron chi connectivity index (χ4n) is 3.54. The number of aromatic nitrogens is 2. The molecular weight excluding hydrogens is 483 g/mol. The van der Waals surface area contributed by atoms with E-state index in [0.29, 0.717) is 30.5 Å². The third-order valence-electron chi connectivity index (χ3n) is 5.23. The van der Waals surface area contributed by atoms with Gasteiger partial charge in [-0.1, -0.05) is 12.1 Å². The van der Waals surface area contributed by atoms with Crippen LogP contribution in [-0.2, 0) is 26.7 Å². The Morgan fingerprint density at radius 1 is 0.971 bits per heavy atom. The Morgan fingerprint density at radius 3 is 2.23 bits per heavy atom. The third-order valence-corrected chi connectivity index (χ3v) is 6.49. The van der Waals surface area contributed by atoms with Crippen molar-refractivity contribution in [3.8, 4) is 0 Å². The Labute approximate surface area is 201 Å². The number of nitrogens with zero attached hydrogens (tertiary/aromatic N) is 3. The summed E-state index contributed by atoms with van der Waals surface area (Å²) in [5.74, 6) is 0.769. The summed E-state index contributed by atoms with van der Waals surface area (Å²) >= 11 is 0. The van der Waals surface area contributed by atoms with Crippen molar-refractivity contribution < 1.29 is 26.3 Å². The Kier molecular flexibility index (Phi) is 7.13. The van der Waals surface area contributed by atoms with E-state index in [1.165, 1.54) is 0 Å². The number of sulfonamides is 1. The largest absolute Gasteiger partial charge is 0.416 e. The topological polar surface area (TPSA) is 96.5 Å². The Bertz CT molecular complexity index is 1260. The molecule has 35 heavy (non-hydrogen) atoms. The lowest BCUT2D eigenvalue weighted by molar-refractivity contribution is -0.137. The zero-order valence-electron chi connectivity index (χ0n) is 18.8. The Hall–Kier alpha value is -3.38. The number of benzene rings is 2. The molecule has 0 spiro atoms. The average Bonchev–Trinajstić information content (AvgIpc) is 2.80. The van der Waals surface area contributed by atoms with E-state index in [0.717, 1.165) is 48.9 Å². The molecule has 2 heterocycles. The molecule has 4 rings (SSSR count). The second-order valence-electron chi connectivity index (χ2n) is 8.05. The highest BCUT2D eigenvalue weighted by Gasteiger charge is 2.30. The summed E-state index contributed by atoms with van der Waals surface area (Å²) in [6.07, 6.45) is -4.47. The van der Waals surface area contributed by atoms with Gasteiger partial charge >= 0.3 is 6.18 Å². The van der Waals surface area contributed by atoms with Gasteiger partial charge in [-0.15, -0.1) is 0 Å². The molecule has 1 aliphatic rings. The van der Waals surface area contributed by atoms with Crippen LogP contribution in [0.4, 0.5) is 36.3 Å². The smallest absolute Gasteiger partial charge is 0.378 e. The van der Waals surface area contributed by atoms with E-state index < -0.39 is 27.5 Å². The predicted octanol–water partition coefficient (Wildman–Crippen LogP) is 4.33. The van der Waals surface area contributed by atoms with Crippen LogP contribution in [0.1, 0.15) is 16.8 Å².